The van der Waals surface area contributed by atoms with Crippen molar-refractivity contribution >= 4 is 11.9 Å². The molecule has 1 aromatic rings. The summed E-state index contributed by atoms with van der Waals surface area (Å²) in [5, 5.41) is 9.44. The zero-order valence-corrected chi connectivity index (χ0v) is 31.3. The highest BCUT2D eigenvalue weighted by atomic mass is 16.7. The normalized spacial score (nSPS) is 11.4. The van der Waals surface area contributed by atoms with E-state index >= 15 is 0 Å². The van der Waals surface area contributed by atoms with Crippen LogP contribution in [0.3, 0.4) is 0 Å². The molecule has 0 radical (unpaired) electrons. The van der Waals surface area contributed by atoms with Crippen molar-refractivity contribution in [3.8, 4) is 0 Å². The van der Waals surface area contributed by atoms with Crippen LogP contribution in [0.5, 0.6) is 0 Å². The molecule has 0 atom stereocenters. The van der Waals surface area contributed by atoms with Gasteiger partial charge in [-0.15, -0.1) is 0 Å². The lowest BCUT2D eigenvalue weighted by atomic mass is 10.0. The van der Waals surface area contributed by atoms with Crippen molar-refractivity contribution in [1.29, 1.82) is 0 Å². The summed E-state index contributed by atoms with van der Waals surface area (Å²) in [5.41, 5.74) is -0.0200. The number of unbranched alkanes of at least 4 members (excludes halogenated alkanes) is 26. The smallest absolute Gasteiger partial charge is 0.339 e. The SMILES string of the molecule is CCCCCCCCCCCCCCCCOC(COC(=O)c1ccccc1C(=O)O)OCCCCCCCCCCCCCCCC. The van der Waals surface area contributed by atoms with E-state index in [9.17, 15) is 14.7 Å². The maximum atomic E-state index is 12.7. The summed E-state index contributed by atoms with van der Waals surface area (Å²) in [6.45, 7) is 5.61. The van der Waals surface area contributed by atoms with E-state index in [2.05, 4.69) is 13.8 Å². The molecule has 0 spiro atoms. The first-order chi connectivity index (χ1) is 23.6. The van der Waals surface area contributed by atoms with Crippen molar-refractivity contribution < 1.29 is 28.9 Å². The lowest BCUT2D eigenvalue weighted by Gasteiger charge is -2.19. The summed E-state index contributed by atoms with van der Waals surface area (Å²) in [7, 11) is 0. The first-order valence-electron chi connectivity index (χ1n) is 20.3. The van der Waals surface area contributed by atoms with E-state index in [0.29, 0.717) is 13.2 Å². The molecule has 1 rings (SSSR count). The molecule has 0 heterocycles. The lowest BCUT2D eigenvalue weighted by Crippen LogP contribution is -2.27. The number of carboxylic acid groups (broad SMARTS) is 1. The zero-order chi connectivity index (χ0) is 34.8. The van der Waals surface area contributed by atoms with Gasteiger partial charge in [-0.25, -0.2) is 9.59 Å². The third-order valence-corrected chi connectivity index (χ3v) is 9.33. The molecule has 0 unspecified atom stereocenters. The Kier molecular flexibility index (Phi) is 30.8. The van der Waals surface area contributed by atoms with Gasteiger partial charge in [0.25, 0.3) is 0 Å². The van der Waals surface area contributed by atoms with E-state index in [4.69, 9.17) is 14.2 Å². The van der Waals surface area contributed by atoms with E-state index in [0.717, 1.165) is 25.7 Å². The van der Waals surface area contributed by atoms with Gasteiger partial charge >= 0.3 is 11.9 Å². The third kappa shape index (κ3) is 26.0. The fraction of sp³-hybridized carbons (Fsp3) is 0.810. The molecule has 0 bridgehead atoms. The van der Waals surface area contributed by atoms with Crippen molar-refractivity contribution in [3.63, 3.8) is 0 Å². The number of carbonyl (C=O) groups excluding carboxylic acids is 1. The molecule has 6 nitrogen and oxygen atoms in total. The molecule has 1 N–H and O–H groups in total. The minimum Gasteiger partial charge on any atom is -0.478 e. The van der Waals surface area contributed by atoms with Gasteiger partial charge in [0, 0.05) is 13.2 Å². The number of carboxylic acids is 1. The minimum absolute atomic E-state index is 0.0442. The topological polar surface area (TPSA) is 82.1 Å². The molecule has 0 aliphatic rings. The number of rotatable bonds is 36. The lowest BCUT2D eigenvalue weighted by molar-refractivity contribution is -0.164. The fourth-order valence-corrected chi connectivity index (χ4v) is 6.24. The predicted molar refractivity (Wildman–Crippen MR) is 200 cm³/mol. The van der Waals surface area contributed by atoms with Gasteiger partial charge in [-0.05, 0) is 25.0 Å². The Bertz CT molecular complexity index is 837. The Morgan fingerprint density at radius 2 is 0.812 bits per heavy atom. The van der Waals surface area contributed by atoms with Crippen LogP contribution in [0.1, 0.15) is 214 Å². The molecular weight excluding hydrogens is 600 g/mol. The Balaban J connectivity index is 2.24. The molecule has 0 fully saturated rings. The number of aromatic carboxylic acids is 1. The highest BCUT2D eigenvalue weighted by Crippen LogP contribution is 2.16. The van der Waals surface area contributed by atoms with Crippen LogP contribution in [0.2, 0.25) is 0 Å². The first kappa shape index (κ1) is 44.1. The largest absolute Gasteiger partial charge is 0.478 e. The van der Waals surface area contributed by atoms with Gasteiger partial charge in [0.05, 0.1) is 11.1 Å². The van der Waals surface area contributed by atoms with Crippen LogP contribution in [0.4, 0.5) is 0 Å². The summed E-state index contributed by atoms with van der Waals surface area (Å²) < 4.78 is 17.5. The van der Waals surface area contributed by atoms with Crippen LogP contribution in [-0.4, -0.2) is 43.2 Å². The average molecular weight is 675 g/mol. The molecule has 0 amide bonds. The number of esters is 1. The fourth-order valence-electron chi connectivity index (χ4n) is 6.24. The van der Waals surface area contributed by atoms with Crippen molar-refractivity contribution in [2.45, 2.75) is 200 Å². The van der Waals surface area contributed by atoms with Gasteiger partial charge in [-0.3, -0.25) is 0 Å². The first-order valence-corrected chi connectivity index (χ1v) is 20.3. The number of hydrogen-bond donors (Lipinski definition) is 1. The van der Waals surface area contributed by atoms with Crippen LogP contribution >= 0.6 is 0 Å². The van der Waals surface area contributed by atoms with Gasteiger partial charge in [0.1, 0.15) is 6.61 Å². The molecule has 0 aliphatic carbocycles. The molecule has 6 heteroatoms. The van der Waals surface area contributed by atoms with Crippen LogP contribution in [-0.2, 0) is 14.2 Å². The van der Waals surface area contributed by atoms with Crippen LogP contribution in [0.15, 0.2) is 24.3 Å². The van der Waals surface area contributed by atoms with Crippen molar-refractivity contribution in [2.24, 2.45) is 0 Å². The quantitative estimate of drug-likeness (QED) is 0.0433. The summed E-state index contributed by atoms with van der Waals surface area (Å²) in [6, 6.07) is 6.13. The number of carbonyl (C=O) groups is 2. The number of hydrogen-bond acceptors (Lipinski definition) is 5. The van der Waals surface area contributed by atoms with Gasteiger partial charge in [-0.1, -0.05) is 193 Å². The summed E-state index contributed by atoms with van der Waals surface area (Å²) in [5.74, 6) is -1.82. The minimum atomic E-state index is -1.15. The van der Waals surface area contributed by atoms with Gasteiger partial charge < -0.3 is 19.3 Å². The van der Waals surface area contributed by atoms with Crippen molar-refractivity contribution in [2.75, 3.05) is 19.8 Å². The van der Waals surface area contributed by atoms with E-state index in [1.165, 1.54) is 166 Å². The summed E-state index contributed by atoms with van der Waals surface area (Å²) in [4.78, 5) is 24.2. The summed E-state index contributed by atoms with van der Waals surface area (Å²) >= 11 is 0. The standard InChI is InChI=1S/C42H74O6/c1-3-5-7-9-11-13-15-17-19-21-23-25-27-31-35-46-40(37-48-42(45)39-34-30-29-33-38(39)41(43)44)47-36-32-28-26-24-22-20-18-16-14-12-10-8-6-4-2/h29-30,33-34,40H,3-28,31-32,35-37H2,1-2H3,(H,43,44). The summed E-state index contributed by atoms with van der Waals surface area (Å²) in [6.07, 6.45) is 35.9. The molecular formula is C42H74O6. The molecule has 1 aromatic carbocycles. The van der Waals surface area contributed by atoms with Crippen LogP contribution < -0.4 is 0 Å². The number of ether oxygens (including phenoxy) is 3. The Labute approximate surface area is 295 Å². The molecule has 0 saturated heterocycles. The molecule has 0 aliphatic heterocycles. The second kappa shape index (κ2) is 33.6. The molecule has 0 saturated carbocycles. The monoisotopic (exact) mass is 675 g/mol. The second-order valence-corrected chi connectivity index (χ2v) is 13.8. The van der Waals surface area contributed by atoms with E-state index in [1.54, 1.807) is 12.1 Å². The van der Waals surface area contributed by atoms with Gasteiger partial charge in [-0.2, -0.15) is 0 Å². The number of benzene rings is 1. The molecule has 278 valence electrons. The van der Waals surface area contributed by atoms with E-state index in [1.807, 2.05) is 0 Å². The van der Waals surface area contributed by atoms with Gasteiger partial charge in [0.2, 0.25) is 0 Å². The van der Waals surface area contributed by atoms with Crippen LogP contribution in [0, 0.1) is 0 Å². The van der Waals surface area contributed by atoms with Crippen molar-refractivity contribution in [3.05, 3.63) is 35.4 Å². The highest BCUT2D eigenvalue weighted by Gasteiger charge is 2.19. The van der Waals surface area contributed by atoms with E-state index < -0.39 is 18.2 Å². The highest BCUT2D eigenvalue weighted by molar-refractivity contribution is 6.02. The van der Waals surface area contributed by atoms with Crippen molar-refractivity contribution in [1.82, 2.24) is 0 Å². The Morgan fingerprint density at radius 1 is 0.500 bits per heavy atom. The Morgan fingerprint density at radius 3 is 1.15 bits per heavy atom. The predicted octanol–water partition coefficient (Wildman–Crippen LogP) is 12.9. The van der Waals surface area contributed by atoms with Crippen LogP contribution in [0.25, 0.3) is 0 Å². The van der Waals surface area contributed by atoms with E-state index in [-0.39, 0.29) is 17.7 Å². The maximum absolute atomic E-state index is 12.7. The Hall–Kier alpha value is -1.92. The zero-order valence-electron chi connectivity index (χ0n) is 31.3. The maximum Gasteiger partial charge on any atom is 0.339 e. The molecule has 0 aromatic heterocycles. The second-order valence-electron chi connectivity index (χ2n) is 13.8. The third-order valence-electron chi connectivity index (χ3n) is 9.33. The molecule has 48 heavy (non-hydrogen) atoms. The average Bonchev–Trinajstić information content (AvgIpc) is 3.09. The van der Waals surface area contributed by atoms with Gasteiger partial charge in [0.15, 0.2) is 6.29 Å².